The maximum atomic E-state index is 12.1. The normalized spacial score (nSPS) is 11.5. The Morgan fingerprint density at radius 2 is 1.89 bits per heavy atom. The Morgan fingerprint density at radius 1 is 1.26 bits per heavy atom. The molecule has 0 aliphatic carbocycles. The van der Waals surface area contributed by atoms with Crippen LogP contribution in [0.4, 0.5) is 22.0 Å². The largest absolute Gasteiger partial charge is 0.573 e. The highest BCUT2D eigenvalue weighted by atomic mass is 19.4. The van der Waals surface area contributed by atoms with E-state index in [9.17, 15) is 26.7 Å². The fraction of sp³-hybridized carbons (Fsp3) is 0.300. The van der Waals surface area contributed by atoms with E-state index in [4.69, 9.17) is 5.11 Å². The van der Waals surface area contributed by atoms with E-state index in [2.05, 4.69) is 9.47 Å². The Kier molecular flexibility index (Phi) is 4.52. The monoisotopic (exact) mass is 286 g/mol. The predicted octanol–water partition coefficient (Wildman–Crippen LogP) is 2.81. The average molecular weight is 286 g/mol. The molecule has 0 bridgehead atoms. The number of carboxylic acid groups (broad SMARTS) is 1. The first-order valence-electron chi connectivity index (χ1n) is 4.72. The van der Waals surface area contributed by atoms with Gasteiger partial charge in [0.1, 0.15) is 0 Å². The molecule has 1 N–H and O–H groups in total. The summed E-state index contributed by atoms with van der Waals surface area (Å²) >= 11 is 0. The van der Waals surface area contributed by atoms with Gasteiger partial charge < -0.3 is 14.6 Å². The van der Waals surface area contributed by atoms with E-state index in [-0.39, 0.29) is 5.56 Å². The molecule has 4 nitrogen and oxygen atoms in total. The lowest BCUT2D eigenvalue weighted by molar-refractivity contribution is -0.275. The lowest BCUT2D eigenvalue weighted by atomic mass is 10.1. The third-order valence-corrected chi connectivity index (χ3v) is 1.81. The van der Waals surface area contributed by atoms with Crippen molar-refractivity contribution in [3.8, 4) is 11.5 Å². The molecule has 0 amide bonds. The van der Waals surface area contributed by atoms with Gasteiger partial charge in [0.25, 0.3) is 0 Å². The molecule has 0 atom stereocenters. The second-order valence-electron chi connectivity index (χ2n) is 3.28. The van der Waals surface area contributed by atoms with E-state index in [1.165, 1.54) is 0 Å². The highest BCUT2D eigenvalue weighted by Crippen LogP contribution is 2.34. The molecule has 19 heavy (non-hydrogen) atoms. The number of aliphatic carboxylic acids is 1. The number of carbonyl (C=O) groups is 1. The summed E-state index contributed by atoms with van der Waals surface area (Å²) in [5.41, 5.74) is -0.00215. The van der Waals surface area contributed by atoms with Crippen molar-refractivity contribution >= 4 is 5.97 Å². The van der Waals surface area contributed by atoms with Crippen molar-refractivity contribution in [2.45, 2.75) is 19.4 Å². The highest BCUT2D eigenvalue weighted by molar-refractivity contribution is 5.70. The first kappa shape index (κ1) is 15.0. The number of rotatable bonds is 5. The second kappa shape index (κ2) is 5.72. The fourth-order valence-corrected chi connectivity index (χ4v) is 1.23. The summed E-state index contributed by atoms with van der Waals surface area (Å²) in [7, 11) is 0. The fourth-order valence-electron chi connectivity index (χ4n) is 1.23. The zero-order valence-electron chi connectivity index (χ0n) is 9.08. The van der Waals surface area contributed by atoms with Crippen molar-refractivity contribution in [1.82, 2.24) is 0 Å². The van der Waals surface area contributed by atoms with Crippen LogP contribution in [0.3, 0.4) is 0 Å². The summed E-state index contributed by atoms with van der Waals surface area (Å²) in [6.07, 6.45) is -5.62. The average Bonchev–Trinajstić information content (AvgIpc) is 2.18. The molecule has 1 rings (SSSR count). The van der Waals surface area contributed by atoms with Gasteiger partial charge in [-0.05, 0) is 17.7 Å². The molecule has 0 saturated carbocycles. The minimum Gasteiger partial charge on any atom is -0.481 e. The Labute approximate surface area is 103 Å². The smallest absolute Gasteiger partial charge is 0.481 e. The quantitative estimate of drug-likeness (QED) is 0.846. The van der Waals surface area contributed by atoms with Crippen LogP contribution in [0, 0.1) is 0 Å². The van der Waals surface area contributed by atoms with Gasteiger partial charge in [-0.25, -0.2) is 0 Å². The second-order valence-corrected chi connectivity index (χ2v) is 3.28. The minimum atomic E-state index is -5.07. The number of hydrogen-bond acceptors (Lipinski definition) is 3. The molecule has 0 saturated heterocycles. The molecule has 1 aromatic rings. The maximum absolute atomic E-state index is 12.1. The van der Waals surface area contributed by atoms with Crippen molar-refractivity contribution in [3.05, 3.63) is 23.8 Å². The van der Waals surface area contributed by atoms with Crippen molar-refractivity contribution in [2.24, 2.45) is 0 Å². The molecule has 9 heteroatoms. The van der Waals surface area contributed by atoms with E-state index in [1.807, 2.05) is 0 Å². The van der Waals surface area contributed by atoms with Gasteiger partial charge in [0, 0.05) is 0 Å². The van der Waals surface area contributed by atoms with Crippen LogP contribution in [0.5, 0.6) is 11.5 Å². The number of hydrogen-bond donors (Lipinski definition) is 1. The number of benzene rings is 1. The van der Waals surface area contributed by atoms with E-state index in [1.54, 1.807) is 0 Å². The molecule has 0 aliphatic rings. The van der Waals surface area contributed by atoms with Crippen LogP contribution in [-0.2, 0) is 11.2 Å². The van der Waals surface area contributed by atoms with E-state index < -0.39 is 36.9 Å². The summed E-state index contributed by atoms with van der Waals surface area (Å²) in [6, 6.07) is 2.47. The molecule has 0 aromatic heterocycles. The third kappa shape index (κ3) is 5.40. The summed E-state index contributed by atoms with van der Waals surface area (Å²) < 4.78 is 67.5. The molecular weight excluding hydrogens is 279 g/mol. The van der Waals surface area contributed by atoms with Gasteiger partial charge in [-0.15, -0.1) is 13.2 Å². The number of alkyl halides is 5. The van der Waals surface area contributed by atoms with Gasteiger partial charge in [-0.2, -0.15) is 8.78 Å². The lowest BCUT2D eigenvalue weighted by Gasteiger charge is -2.14. The number of carboxylic acids is 1. The van der Waals surface area contributed by atoms with Gasteiger partial charge in [-0.3, -0.25) is 4.79 Å². The van der Waals surface area contributed by atoms with Gasteiger partial charge >= 0.3 is 18.9 Å². The molecule has 1 aromatic carbocycles. The molecule has 0 spiro atoms. The number of halogens is 5. The number of ether oxygens (including phenoxy) is 2. The zero-order valence-corrected chi connectivity index (χ0v) is 9.08. The van der Waals surface area contributed by atoms with Crippen molar-refractivity contribution in [1.29, 1.82) is 0 Å². The predicted molar refractivity (Wildman–Crippen MR) is 51.1 cm³/mol. The summed E-state index contributed by atoms with van der Waals surface area (Å²) in [4.78, 5) is 10.4. The maximum Gasteiger partial charge on any atom is 0.573 e. The van der Waals surface area contributed by atoms with E-state index in [0.29, 0.717) is 6.07 Å². The lowest BCUT2D eigenvalue weighted by Crippen LogP contribution is -2.18. The molecule has 0 heterocycles. The Morgan fingerprint density at radius 3 is 2.37 bits per heavy atom. The molecule has 0 radical (unpaired) electrons. The summed E-state index contributed by atoms with van der Waals surface area (Å²) in [5, 5.41) is 8.50. The SMILES string of the molecule is O=C(O)Cc1ccc(OC(F)(F)F)c(OC(F)F)c1. The van der Waals surface area contributed by atoms with Crippen molar-refractivity contribution in [2.75, 3.05) is 0 Å². The topological polar surface area (TPSA) is 55.8 Å². The first-order chi connectivity index (χ1) is 8.67. The Bertz CT molecular complexity index is 458. The van der Waals surface area contributed by atoms with E-state index in [0.717, 1.165) is 12.1 Å². The zero-order chi connectivity index (χ0) is 14.6. The van der Waals surface area contributed by atoms with Gasteiger partial charge in [0.05, 0.1) is 6.42 Å². The van der Waals surface area contributed by atoms with Gasteiger partial charge in [-0.1, -0.05) is 6.07 Å². The van der Waals surface area contributed by atoms with Crippen LogP contribution < -0.4 is 9.47 Å². The van der Waals surface area contributed by atoms with Gasteiger partial charge in [0.15, 0.2) is 11.5 Å². The third-order valence-electron chi connectivity index (χ3n) is 1.81. The molecule has 0 fully saturated rings. The minimum absolute atomic E-state index is 0.00215. The Balaban J connectivity index is 3.05. The highest BCUT2D eigenvalue weighted by Gasteiger charge is 2.33. The van der Waals surface area contributed by atoms with Crippen molar-refractivity contribution < 1.29 is 41.3 Å². The first-order valence-corrected chi connectivity index (χ1v) is 4.72. The van der Waals surface area contributed by atoms with Crippen LogP contribution in [0.25, 0.3) is 0 Å². The van der Waals surface area contributed by atoms with Crippen molar-refractivity contribution in [3.63, 3.8) is 0 Å². The molecular formula is C10H7F5O4. The van der Waals surface area contributed by atoms with Crippen LogP contribution in [0.1, 0.15) is 5.56 Å². The van der Waals surface area contributed by atoms with Crippen LogP contribution in [0.15, 0.2) is 18.2 Å². The molecule has 106 valence electrons. The van der Waals surface area contributed by atoms with E-state index >= 15 is 0 Å². The summed E-state index contributed by atoms with van der Waals surface area (Å²) in [6.45, 7) is -3.37. The van der Waals surface area contributed by atoms with Crippen LogP contribution >= 0.6 is 0 Å². The van der Waals surface area contributed by atoms with Gasteiger partial charge in [0.2, 0.25) is 0 Å². The van der Waals surface area contributed by atoms with Crippen LogP contribution in [0.2, 0.25) is 0 Å². The Hall–Kier alpha value is -2.06. The molecule has 0 aliphatic heterocycles. The molecule has 0 unspecified atom stereocenters. The standard InChI is InChI=1S/C10H7F5O4/c11-9(12)18-7-3-5(4-8(16)17)1-2-6(7)19-10(13,14)15/h1-3,9H,4H2,(H,16,17). The van der Waals surface area contributed by atoms with Crippen LogP contribution in [-0.4, -0.2) is 24.0 Å². The summed E-state index contributed by atoms with van der Waals surface area (Å²) in [5.74, 6) is -3.12.